The van der Waals surface area contributed by atoms with Crippen molar-refractivity contribution in [3.63, 3.8) is 0 Å². The first kappa shape index (κ1) is 18.9. The smallest absolute Gasteiger partial charge is 0.306 e. The zero-order valence-electron chi connectivity index (χ0n) is 14.7. The van der Waals surface area contributed by atoms with E-state index in [4.69, 9.17) is 16.3 Å². The predicted octanol–water partition coefficient (Wildman–Crippen LogP) is 4.79. The zero-order chi connectivity index (χ0) is 19.4. The predicted molar refractivity (Wildman–Crippen MR) is 104 cm³/mol. The average Bonchev–Trinajstić information content (AvgIpc) is 2.67. The fourth-order valence-corrected chi connectivity index (χ4v) is 3.09. The normalized spacial score (nSPS) is 10.7. The number of carbonyl (C=O) groups excluding carboxylic acids is 2. The molecule has 0 amide bonds. The number of Topliss-reactive ketones (excluding diaryl/α,β-unsaturated/α-hetero) is 1. The lowest BCUT2D eigenvalue weighted by molar-refractivity contribution is -0.143. The topological polar surface area (TPSA) is 76.5 Å². The lowest BCUT2D eigenvalue weighted by atomic mass is 10.0. The fourth-order valence-electron chi connectivity index (χ4n) is 2.86. The highest BCUT2D eigenvalue weighted by Crippen LogP contribution is 2.33. The number of fused-ring (bicyclic) bond motifs is 1. The number of ether oxygens (including phenoxy) is 1. The number of halogens is 1. The number of aromatic hydroxyl groups is 1. The van der Waals surface area contributed by atoms with Crippen molar-refractivity contribution in [3.05, 3.63) is 59.2 Å². The third-order valence-corrected chi connectivity index (χ3v) is 4.48. The molecule has 3 rings (SSSR count). The second-order valence-corrected chi connectivity index (χ2v) is 6.34. The van der Waals surface area contributed by atoms with Crippen molar-refractivity contribution in [3.8, 4) is 17.0 Å². The number of benzene rings is 2. The van der Waals surface area contributed by atoms with Gasteiger partial charge < -0.3 is 9.84 Å². The van der Waals surface area contributed by atoms with Gasteiger partial charge in [0, 0.05) is 22.4 Å². The van der Waals surface area contributed by atoms with E-state index in [-0.39, 0.29) is 30.9 Å². The van der Waals surface area contributed by atoms with Crippen LogP contribution in [-0.2, 0) is 9.53 Å². The highest BCUT2D eigenvalue weighted by atomic mass is 35.5. The molecule has 1 N–H and O–H groups in total. The molecule has 5 nitrogen and oxygen atoms in total. The molecular formula is C21H18ClNO4. The average molecular weight is 384 g/mol. The van der Waals surface area contributed by atoms with Gasteiger partial charge in [0.2, 0.25) is 0 Å². The number of hydrogen-bond acceptors (Lipinski definition) is 5. The van der Waals surface area contributed by atoms with Gasteiger partial charge in [0.25, 0.3) is 0 Å². The Kier molecular flexibility index (Phi) is 5.72. The lowest BCUT2D eigenvalue weighted by Gasteiger charge is -2.10. The van der Waals surface area contributed by atoms with Gasteiger partial charge in [-0.25, -0.2) is 4.98 Å². The Hall–Kier alpha value is -2.92. The summed E-state index contributed by atoms with van der Waals surface area (Å²) < 4.78 is 4.82. The zero-order valence-corrected chi connectivity index (χ0v) is 15.5. The van der Waals surface area contributed by atoms with Gasteiger partial charge in [0.15, 0.2) is 5.78 Å². The lowest BCUT2D eigenvalue weighted by Crippen LogP contribution is -2.09. The summed E-state index contributed by atoms with van der Waals surface area (Å²) in [5, 5.41) is 12.5. The van der Waals surface area contributed by atoms with Crippen molar-refractivity contribution in [1.82, 2.24) is 4.98 Å². The molecule has 0 bridgehead atoms. The molecule has 0 aliphatic carbocycles. The van der Waals surface area contributed by atoms with E-state index in [2.05, 4.69) is 4.98 Å². The molecule has 0 saturated heterocycles. The minimum atomic E-state index is -0.454. The number of aromatic nitrogens is 1. The SMILES string of the molecule is CCOC(=O)CCC(=O)c1nc(-c2ccc(Cl)c3ccccc23)ccc1O. The van der Waals surface area contributed by atoms with E-state index < -0.39 is 11.8 Å². The van der Waals surface area contributed by atoms with Gasteiger partial charge in [-0.2, -0.15) is 0 Å². The van der Waals surface area contributed by atoms with Crippen LogP contribution in [0.25, 0.3) is 22.0 Å². The Morgan fingerprint density at radius 1 is 1.04 bits per heavy atom. The van der Waals surface area contributed by atoms with E-state index in [1.54, 1.807) is 19.1 Å². The highest BCUT2D eigenvalue weighted by Gasteiger charge is 2.17. The summed E-state index contributed by atoms with van der Waals surface area (Å²) in [6.07, 6.45) is -0.133. The van der Waals surface area contributed by atoms with Crippen LogP contribution in [0.3, 0.4) is 0 Å². The van der Waals surface area contributed by atoms with Gasteiger partial charge in [-0.05, 0) is 30.5 Å². The second-order valence-electron chi connectivity index (χ2n) is 5.93. The number of carbonyl (C=O) groups is 2. The molecule has 1 heterocycles. The summed E-state index contributed by atoms with van der Waals surface area (Å²) in [4.78, 5) is 28.2. The summed E-state index contributed by atoms with van der Waals surface area (Å²) in [6, 6.07) is 14.3. The van der Waals surface area contributed by atoms with E-state index in [1.807, 2.05) is 30.3 Å². The van der Waals surface area contributed by atoms with Crippen molar-refractivity contribution < 1.29 is 19.4 Å². The fraction of sp³-hybridized carbons (Fsp3) is 0.190. The van der Waals surface area contributed by atoms with Crippen LogP contribution in [0.15, 0.2) is 48.5 Å². The largest absolute Gasteiger partial charge is 0.506 e. The van der Waals surface area contributed by atoms with Crippen LogP contribution in [0.2, 0.25) is 5.02 Å². The summed E-state index contributed by atoms with van der Waals surface area (Å²) in [5.41, 5.74) is 1.28. The number of hydrogen-bond donors (Lipinski definition) is 1. The maximum absolute atomic E-state index is 12.4. The monoisotopic (exact) mass is 383 g/mol. The molecule has 1 aromatic heterocycles. The van der Waals surface area contributed by atoms with Crippen LogP contribution >= 0.6 is 11.6 Å². The number of rotatable bonds is 6. The Morgan fingerprint density at radius 3 is 2.52 bits per heavy atom. The van der Waals surface area contributed by atoms with E-state index >= 15 is 0 Å². The molecule has 6 heteroatoms. The van der Waals surface area contributed by atoms with Crippen LogP contribution in [0.4, 0.5) is 0 Å². The summed E-state index contributed by atoms with van der Waals surface area (Å²) in [5.74, 6) is -1.09. The molecule has 0 atom stereocenters. The Morgan fingerprint density at radius 2 is 1.78 bits per heavy atom. The minimum Gasteiger partial charge on any atom is -0.506 e. The van der Waals surface area contributed by atoms with Gasteiger partial charge in [-0.15, -0.1) is 0 Å². The van der Waals surface area contributed by atoms with Gasteiger partial charge in [-0.3, -0.25) is 9.59 Å². The molecule has 27 heavy (non-hydrogen) atoms. The van der Waals surface area contributed by atoms with Crippen LogP contribution < -0.4 is 0 Å². The Balaban J connectivity index is 1.96. The Labute approximate surface area is 161 Å². The van der Waals surface area contributed by atoms with Gasteiger partial charge >= 0.3 is 5.97 Å². The van der Waals surface area contributed by atoms with E-state index in [1.165, 1.54) is 6.07 Å². The standard InChI is InChI=1S/C21H18ClNO4/c1-2-27-20(26)12-11-19(25)21-18(24)10-9-17(23-21)15-7-8-16(22)14-6-4-3-5-13(14)15/h3-10,24H,2,11-12H2,1H3. The number of esters is 1. The molecule has 0 radical (unpaired) electrons. The minimum absolute atomic E-state index is 0.0537. The first-order chi connectivity index (χ1) is 13.0. The first-order valence-corrected chi connectivity index (χ1v) is 8.95. The summed E-state index contributed by atoms with van der Waals surface area (Å²) >= 11 is 6.26. The molecule has 0 aliphatic heterocycles. The number of pyridine rings is 1. The van der Waals surface area contributed by atoms with Gasteiger partial charge in [-0.1, -0.05) is 41.9 Å². The van der Waals surface area contributed by atoms with Crippen LogP contribution in [-0.4, -0.2) is 28.4 Å². The van der Waals surface area contributed by atoms with Crippen LogP contribution in [0.5, 0.6) is 5.75 Å². The third kappa shape index (κ3) is 4.09. The van der Waals surface area contributed by atoms with Crippen molar-refractivity contribution >= 4 is 34.1 Å². The molecule has 0 aliphatic rings. The quantitative estimate of drug-likeness (QED) is 0.489. The summed E-state index contributed by atoms with van der Waals surface area (Å²) in [6.45, 7) is 1.96. The van der Waals surface area contributed by atoms with Gasteiger partial charge in [0.05, 0.1) is 18.7 Å². The molecule has 0 unspecified atom stereocenters. The van der Waals surface area contributed by atoms with Crippen molar-refractivity contribution in [2.24, 2.45) is 0 Å². The van der Waals surface area contributed by atoms with Crippen molar-refractivity contribution in [2.75, 3.05) is 6.61 Å². The highest BCUT2D eigenvalue weighted by molar-refractivity contribution is 6.36. The maximum Gasteiger partial charge on any atom is 0.306 e. The Bertz CT molecular complexity index is 1020. The van der Waals surface area contributed by atoms with Crippen LogP contribution in [0.1, 0.15) is 30.3 Å². The molecule has 2 aromatic carbocycles. The third-order valence-electron chi connectivity index (χ3n) is 4.15. The molecule has 0 fully saturated rings. The van der Waals surface area contributed by atoms with Gasteiger partial charge in [0.1, 0.15) is 11.4 Å². The summed E-state index contributed by atoms with van der Waals surface area (Å²) in [7, 11) is 0. The second kappa shape index (κ2) is 8.18. The first-order valence-electron chi connectivity index (χ1n) is 8.57. The molecular weight excluding hydrogens is 366 g/mol. The van der Waals surface area contributed by atoms with E-state index in [0.717, 1.165) is 16.3 Å². The maximum atomic E-state index is 12.4. The van der Waals surface area contributed by atoms with E-state index in [0.29, 0.717) is 10.7 Å². The number of ketones is 1. The number of nitrogens with zero attached hydrogens (tertiary/aromatic N) is 1. The van der Waals surface area contributed by atoms with Crippen molar-refractivity contribution in [2.45, 2.75) is 19.8 Å². The molecule has 0 spiro atoms. The van der Waals surface area contributed by atoms with Crippen molar-refractivity contribution in [1.29, 1.82) is 0 Å². The van der Waals surface area contributed by atoms with E-state index in [9.17, 15) is 14.7 Å². The molecule has 138 valence electrons. The molecule has 3 aromatic rings. The molecule has 0 saturated carbocycles. The van der Waals surface area contributed by atoms with Crippen LogP contribution in [0, 0.1) is 0 Å².